The number of carboxylic acids is 1. The average Bonchev–Trinajstić information content (AvgIpc) is 3.59. The summed E-state index contributed by atoms with van der Waals surface area (Å²) < 4.78 is 0. The molecule has 0 spiro atoms. The van der Waals surface area contributed by atoms with E-state index in [9.17, 15) is 14.4 Å². The number of hydrogen-bond acceptors (Lipinski definition) is 11. The van der Waals surface area contributed by atoms with Gasteiger partial charge < -0.3 is 36.3 Å². The number of hydrogen-bond donors (Lipinski definition) is 8. The SMILES string of the molecule is N[C@@H](Cc1ccc(N(CCNc2nc3nc[nH]c3c(=O)[nH]2)CCNc2nc3nc[nH]c3c(=O)[nH]2)cc1)C(=O)O. The average molecular weight is 535 g/mol. The van der Waals surface area contributed by atoms with E-state index in [-0.39, 0.29) is 17.5 Å². The second-order valence-electron chi connectivity index (χ2n) is 8.69. The maximum Gasteiger partial charge on any atom is 0.320 e. The van der Waals surface area contributed by atoms with Gasteiger partial charge in [-0.25, -0.2) is 9.97 Å². The number of rotatable bonds is 12. The Hall–Kier alpha value is -5.25. The number of carboxylic acid groups (broad SMARTS) is 1. The Bertz CT molecular complexity index is 1610. The summed E-state index contributed by atoms with van der Waals surface area (Å²) in [6, 6.07) is 6.46. The number of H-pyrrole nitrogens is 4. The van der Waals surface area contributed by atoms with E-state index in [1.165, 1.54) is 12.7 Å². The minimum absolute atomic E-state index is 0.210. The zero-order valence-corrected chi connectivity index (χ0v) is 20.6. The molecule has 9 N–H and O–H groups in total. The predicted octanol–water partition coefficient (Wildman–Crippen LogP) is -0.409. The molecule has 1 atom stereocenters. The lowest BCUT2D eigenvalue weighted by Gasteiger charge is -2.25. The number of aliphatic carboxylic acids is 1. The van der Waals surface area contributed by atoms with E-state index in [1.54, 1.807) is 0 Å². The van der Waals surface area contributed by atoms with Gasteiger partial charge >= 0.3 is 5.97 Å². The van der Waals surface area contributed by atoms with Crippen LogP contribution in [0.3, 0.4) is 0 Å². The largest absolute Gasteiger partial charge is 0.480 e. The molecule has 5 rings (SSSR count). The van der Waals surface area contributed by atoms with Gasteiger partial charge in [0.1, 0.15) is 6.04 Å². The molecule has 4 aromatic heterocycles. The monoisotopic (exact) mass is 534 g/mol. The van der Waals surface area contributed by atoms with E-state index in [4.69, 9.17) is 10.8 Å². The molecule has 0 fully saturated rings. The van der Waals surface area contributed by atoms with Crippen molar-refractivity contribution < 1.29 is 9.90 Å². The minimum atomic E-state index is -1.06. The third kappa shape index (κ3) is 5.85. The lowest BCUT2D eigenvalue weighted by molar-refractivity contribution is -0.138. The number of nitrogens with two attached hydrogens (primary N) is 1. The Kier molecular flexibility index (Phi) is 7.17. The number of imidazole rings is 2. The van der Waals surface area contributed by atoms with Crippen LogP contribution >= 0.6 is 0 Å². The zero-order valence-electron chi connectivity index (χ0n) is 20.6. The molecule has 202 valence electrons. The van der Waals surface area contributed by atoms with E-state index in [0.29, 0.717) is 60.4 Å². The molecule has 0 saturated carbocycles. The summed E-state index contributed by atoms with van der Waals surface area (Å²) in [6.07, 6.45) is 3.02. The molecule has 4 heterocycles. The highest BCUT2D eigenvalue weighted by Gasteiger charge is 2.14. The first-order chi connectivity index (χ1) is 18.9. The lowest BCUT2D eigenvalue weighted by Crippen LogP contribution is -2.34. The smallest absolute Gasteiger partial charge is 0.320 e. The topological polar surface area (TPSA) is 239 Å². The summed E-state index contributed by atoms with van der Waals surface area (Å²) in [5, 5.41) is 15.3. The van der Waals surface area contributed by atoms with Gasteiger partial charge in [0.05, 0.1) is 12.7 Å². The van der Waals surface area contributed by atoms with Crippen LogP contribution in [0.1, 0.15) is 5.56 Å². The summed E-state index contributed by atoms with van der Waals surface area (Å²) in [6.45, 7) is 1.89. The fraction of sp³-hybridized carbons (Fsp3) is 0.261. The second-order valence-corrected chi connectivity index (χ2v) is 8.69. The van der Waals surface area contributed by atoms with Gasteiger partial charge in [0.2, 0.25) is 11.9 Å². The van der Waals surface area contributed by atoms with Crippen molar-refractivity contribution in [2.45, 2.75) is 12.5 Å². The number of nitrogens with zero attached hydrogens (tertiary/aromatic N) is 5. The predicted molar refractivity (Wildman–Crippen MR) is 144 cm³/mol. The summed E-state index contributed by atoms with van der Waals surface area (Å²) in [4.78, 5) is 65.0. The van der Waals surface area contributed by atoms with Crippen molar-refractivity contribution in [3.05, 3.63) is 63.2 Å². The Morgan fingerprint density at radius 3 is 1.90 bits per heavy atom. The van der Waals surface area contributed by atoms with Gasteiger partial charge in [-0.1, -0.05) is 12.1 Å². The molecule has 39 heavy (non-hydrogen) atoms. The van der Waals surface area contributed by atoms with Crippen LogP contribution in [-0.4, -0.2) is 83.2 Å². The molecule has 0 bridgehead atoms. The Morgan fingerprint density at radius 2 is 1.41 bits per heavy atom. The number of anilines is 3. The highest BCUT2D eigenvalue weighted by atomic mass is 16.4. The molecule has 0 aliphatic carbocycles. The van der Waals surface area contributed by atoms with Crippen LogP contribution in [0.5, 0.6) is 0 Å². The van der Waals surface area contributed by atoms with Crippen molar-refractivity contribution >= 4 is 45.9 Å². The van der Waals surface area contributed by atoms with Crippen molar-refractivity contribution in [3.8, 4) is 0 Å². The highest BCUT2D eigenvalue weighted by Crippen LogP contribution is 2.16. The maximum atomic E-state index is 12.2. The first kappa shape index (κ1) is 25.4. The molecule has 5 aromatic rings. The molecule has 16 nitrogen and oxygen atoms in total. The molecule has 0 radical (unpaired) electrons. The standard InChI is InChI=1S/C23H26N12O4/c24-14(21(38)39)9-12-1-3-13(4-2-12)35(7-5-25-22-31-17-15(19(36)33-22)27-10-29-17)8-6-26-23-32-18-16(20(37)34-23)28-11-30-18/h1-4,10-11,14H,5-9,24H2,(H,38,39)(H3,25,27,29,31,33,36)(H3,26,28,30,32,34,37)/t14-/m0/s1. The molecule has 0 unspecified atom stereocenters. The Morgan fingerprint density at radius 1 is 0.897 bits per heavy atom. The zero-order chi connectivity index (χ0) is 27.4. The van der Waals surface area contributed by atoms with Crippen molar-refractivity contribution in [3.63, 3.8) is 0 Å². The van der Waals surface area contributed by atoms with Crippen molar-refractivity contribution in [2.75, 3.05) is 41.7 Å². The summed E-state index contributed by atoms with van der Waals surface area (Å²) in [5.74, 6) is -0.466. The van der Waals surface area contributed by atoms with Crippen molar-refractivity contribution in [1.82, 2.24) is 39.9 Å². The van der Waals surface area contributed by atoms with Crippen molar-refractivity contribution in [1.29, 1.82) is 0 Å². The lowest BCUT2D eigenvalue weighted by atomic mass is 10.1. The van der Waals surface area contributed by atoms with E-state index in [2.05, 4.69) is 55.4 Å². The molecule has 1 aromatic carbocycles. The quantitative estimate of drug-likeness (QED) is 0.102. The van der Waals surface area contributed by atoms with Gasteiger partial charge in [0, 0.05) is 31.9 Å². The molecule has 0 aliphatic rings. The molecular weight excluding hydrogens is 508 g/mol. The fourth-order valence-corrected chi connectivity index (χ4v) is 4.03. The van der Waals surface area contributed by atoms with Gasteiger partial charge in [-0.3, -0.25) is 24.4 Å². The van der Waals surface area contributed by atoms with Gasteiger partial charge in [0.25, 0.3) is 11.1 Å². The normalized spacial score (nSPS) is 12.0. The number of benzene rings is 1. The van der Waals surface area contributed by atoms with Crippen LogP contribution in [0.4, 0.5) is 17.6 Å². The molecule has 0 aliphatic heterocycles. The maximum absolute atomic E-state index is 12.2. The van der Waals surface area contributed by atoms with Crippen LogP contribution in [0, 0.1) is 0 Å². The molecular formula is C23H26N12O4. The minimum Gasteiger partial charge on any atom is -0.480 e. The molecule has 0 saturated heterocycles. The summed E-state index contributed by atoms with van der Waals surface area (Å²) in [5.41, 5.74) is 7.91. The Balaban J connectivity index is 1.27. The van der Waals surface area contributed by atoms with Crippen LogP contribution in [-0.2, 0) is 11.2 Å². The van der Waals surface area contributed by atoms with Gasteiger partial charge in [-0.2, -0.15) is 9.97 Å². The van der Waals surface area contributed by atoms with Crippen molar-refractivity contribution in [2.24, 2.45) is 5.73 Å². The molecule has 0 amide bonds. The van der Waals surface area contributed by atoms with E-state index >= 15 is 0 Å². The van der Waals surface area contributed by atoms with E-state index in [0.717, 1.165) is 11.3 Å². The first-order valence-corrected chi connectivity index (χ1v) is 12.0. The third-order valence-electron chi connectivity index (χ3n) is 6.01. The van der Waals surface area contributed by atoms with Crippen LogP contribution < -0.4 is 32.4 Å². The summed E-state index contributed by atoms with van der Waals surface area (Å²) in [7, 11) is 0. The van der Waals surface area contributed by atoms with Gasteiger partial charge in [0.15, 0.2) is 22.3 Å². The third-order valence-corrected chi connectivity index (χ3v) is 6.01. The highest BCUT2D eigenvalue weighted by molar-refractivity contribution is 5.73. The van der Waals surface area contributed by atoms with Crippen LogP contribution in [0.25, 0.3) is 22.3 Å². The van der Waals surface area contributed by atoms with E-state index in [1.807, 2.05) is 24.3 Å². The number of nitrogens with one attached hydrogen (secondary N) is 6. The van der Waals surface area contributed by atoms with Gasteiger partial charge in [-0.05, 0) is 24.1 Å². The Labute approximate surface area is 219 Å². The van der Waals surface area contributed by atoms with Gasteiger partial charge in [-0.15, -0.1) is 0 Å². The number of carbonyl (C=O) groups is 1. The fourth-order valence-electron chi connectivity index (χ4n) is 4.03. The number of aromatic nitrogens is 8. The first-order valence-electron chi connectivity index (χ1n) is 12.0. The summed E-state index contributed by atoms with van der Waals surface area (Å²) >= 11 is 0. The number of aromatic amines is 4. The molecule has 16 heteroatoms. The van der Waals surface area contributed by atoms with Crippen LogP contribution in [0.15, 0.2) is 46.5 Å². The number of fused-ring (bicyclic) bond motifs is 2. The van der Waals surface area contributed by atoms with E-state index < -0.39 is 12.0 Å². The second kappa shape index (κ2) is 11.0. The van der Waals surface area contributed by atoms with Crippen LogP contribution in [0.2, 0.25) is 0 Å².